The molecule has 1 aromatic rings. The molecule has 0 aromatic heterocycles. The number of benzene rings is 1. The van der Waals surface area contributed by atoms with Gasteiger partial charge in [-0.2, -0.15) is 0 Å². The molecule has 104 valence electrons. The Bertz CT molecular complexity index is 467. The Kier molecular flexibility index (Phi) is 4.17. The number of carbonyl (C=O) groups is 1. The minimum absolute atomic E-state index is 0.0600. The molecule has 0 atom stereocenters. The van der Waals surface area contributed by atoms with Crippen molar-refractivity contribution in [2.24, 2.45) is 5.41 Å². The molecule has 1 aliphatic rings. The van der Waals surface area contributed by atoms with E-state index in [0.717, 1.165) is 50.7 Å². The molecule has 0 spiro atoms. The summed E-state index contributed by atoms with van der Waals surface area (Å²) in [6.07, 6.45) is 5.66. The van der Waals surface area contributed by atoms with Crippen LogP contribution in [0.2, 0.25) is 0 Å². The molecule has 1 fully saturated rings. The standard InChI is InChI=1S/C15H19F2NO/c1-2-15(8-4-3-5-9-15)14(19)18-13-7-6-11(16)10-12(13)17/h6-7,10H,2-5,8-9H2,1H3,(H,18,19). The van der Waals surface area contributed by atoms with E-state index in [-0.39, 0.29) is 17.0 Å². The first-order valence-electron chi connectivity index (χ1n) is 6.84. The molecule has 2 rings (SSSR count). The molecule has 1 aliphatic carbocycles. The van der Waals surface area contributed by atoms with E-state index in [2.05, 4.69) is 5.32 Å². The first-order valence-corrected chi connectivity index (χ1v) is 6.84. The maximum atomic E-state index is 13.6. The van der Waals surface area contributed by atoms with Gasteiger partial charge in [0.1, 0.15) is 11.6 Å². The fraction of sp³-hybridized carbons (Fsp3) is 0.533. The van der Waals surface area contributed by atoms with Crippen LogP contribution in [0.5, 0.6) is 0 Å². The van der Waals surface area contributed by atoms with Gasteiger partial charge in [0, 0.05) is 11.5 Å². The van der Waals surface area contributed by atoms with Crippen molar-refractivity contribution in [3.05, 3.63) is 29.8 Å². The van der Waals surface area contributed by atoms with Crippen LogP contribution in [0.4, 0.5) is 14.5 Å². The highest BCUT2D eigenvalue weighted by atomic mass is 19.1. The van der Waals surface area contributed by atoms with Gasteiger partial charge in [-0.25, -0.2) is 8.78 Å². The molecular weight excluding hydrogens is 248 g/mol. The lowest BCUT2D eigenvalue weighted by Gasteiger charge is -2.34. The first-order chi connectivity index (χ1) is 9.07. The monoisotopic (exact) mass is 267 g/mol. The molecule has 0 saturated heterocycles. The van der Waals surface area contributed by atoms with Crippen LogP contribution in [0.1, 0.15) is 45.4 Å². The van der Waals surface area contributed by atoms with Crippen molar-refractivity contribution in [1.29, 1.82) is 0 Å². The van der Waals surface area contributed by atoms with E-state index in [0.29, 0.717) is 0 Å². The Morgan fingerprint density at radius 3 is 2.53 bits per heavy atom. The molecule has 0 unspecified atom stereocenters. The molecule has 19 heavy (non-hydrogen) atoms. The molecule has 0 aliphatic heterocycles. The predicted molar refractivity (Wildman–Crippen MR) is 70.8 cm³/mol. The van der Waals surface area contributed by atoms with Crippen molar-refractivity contribution in [1.82, 2.24) is 0 Å². The number of rotatable bonds is 3. The predicted octanol–water partition coefficient (Wildman–Crippen LogP) is 4.26. The van der Waals surface area contributed by atoms with Crippen LogP contribution in [-0.2, 0) is 4.79 Å². The summed E-state index contributed by atoms with van der Waals surface area (Å²) in [6, 6.07) is 3.21. The van der Waals surface area contributed by atoms with E-state index >= 15 is 0 Å². The topological polar surface area (TPSA) is 29.1 Å². The lowest BCUT2D eigenvalue weighted by atomic mass is 9.71. The van der Waals surface area contributed by atoms with Crippen LogP contribution in [0.25, 0.3) is 0 Å². The van der Waals surface area contributed by atoms with Crippen molar-refractivity contribution in [3.63, 3.8) is 0 Å². The van der Waals surface area contributed by atoms with Gasteiger partial charge in [0.2, 0.25) is 5.91 Å². The van der Waals surface area contributed by atoms with Gasteiger partial charge in [0.15, 0.2) is 0 Å². The van der Waals surface area contributed by atoms with Crippen molar-refractivity contribution in [3.8, 4) is 0 Å². The van der Waals surface area contributed by atoms with Crippen LogP contribution >= 0.6 is 0 Å². The Balaban J connectivity index is 2.15. The molecule has 1 aromatic carbocycles. The fourth-order valence-electron chi connectivity index (χ4n) is 2.82. The van der Waals surface area contributed by atoms with Gasteiger partial charge in [-0.3, -0.25) is 4.79 Å². The van der Waals surface area contributed by atoms with Crippen LogP contribution in [0.15, 0.2) is 18.2 Å². The van der Waals surface area contributed by atoms with Crippen LogP contribution < -0.4 is 5.32 Å². The van der Waals surface area contributed by atoms with Gasteiger partial charge in [0.25, 0.3) is 0 Å². The summed E-state index contributed by atoms with van der Waals surface area (Å²) >= 11 is 0. The average Bonchev–Trinajstić information content (AvgIpc) is 2.42. The Morgan fingerprint density at radius 1 is 1.26 bits per heavy atom. The van der Waals surface area contributed by atoms with E-state index in [1.165, 1.54) is 6.07 Å². The highest BCUT2D eigenvalue weighted by molar-refractivity contribution is 5.95. The molecule has 1 N–H and O–H groups in total. The normalized spacial score (nSPS) is 18.1. The summed E-state index contributed by atoms with van der Waals surface area (Å²) in [4.78, 5) is 12.4. The van der Waals surface area contributed by atoms with Crippen molar-refractivity contribution < 1.29 is 13.6 Å². The zero-order valence-corrected chi connectivity index (χ0v) is 11.1. The second-order valence-electron chi connectivity index (χ2n) is 5.27. The van der Waals surface area contributed by atoms with Gasteiger partial charge in [-0.15, -0.1) is 0 Å². The zero-order valence-electron chi connectivity index (χ0n) is 11.1. The molecule has 1 amide bonds. The number of halogens is 2. The molecule has 4 heteroatoms. The smallest absolute Gasteiger partial charge is 0.230 e. The number of hydrogen-bond acceptors (Lipinski definition) is 1. The summed E-state index contributed by atoms with van der Waals surface area (Å²) in [5, 5.41) is 2.62. The van der Waals surface area contributed by atoms with Crippen LogP contribution in [0, 0.1) is 17.0 Å². The minimum Gasteiger partial charge on any atom is -0.323 e. The third-order valence-corrected chi connectivity index (χ3v) is 4.15. The van der Waals surface area contributed by atoms with Gasteiger partial charge < -0.3 is 5.32 Å². The summed E-state index contributed by atoms with van der Waals surface area (Å²) in [5.74, 6) is -1.51. The molecule has 2 nitrogen and oxygen atoms in total. The molecule has 1 saturated carbocycles. The Labute approximate surface area is 112 Å². The van der Waals surface area contributed by atoms with Gasteiger partial charge in [-0.05, 0) is 31.4 Å². The SMILES string of the molecule is CCC1(C(=O)Nc2ccc(F)cc2F)CCCCC1. The number of carbonyl (C=O) groups excluding carboxylic acids is 1. The quantitative estimate of drug-likeness (QED) is 0.870. The zero-order chi connectivity index (χ0) is 13.9. The molecule has 0 bridgehead atoms. The highest BCUT2D eigenvalue weighted by Crippen LogP contribution is 2.40. The highest BCUT2D eigenvalue weighted by Gasteiger charge is 2.37. The van der Waals surface area contributed by atoms with Crippen molar-refractivity contribution >= 4 is 11.6 Å². The molecular formula is C15H19F2NO. The average molecular weight is 267 g/mol. The molecule has 0 radical (unpaired) electrons. The fourth-order valence-corrected chi connectivity index (χ4v) is 2.82. The van der Waals surface area contributed by atoms with Crippen LogP contribution in [-0.4, -0.2) is 5.91 Å². The Hall–Kier alpha value is -1.45. The van der Waals surface area contributed by atoms with E-state index < -0.39 is 11.6 Å². The number of hydrogen-bond donors (Lipinski definition) is 1. The molecule has 0 heterocycles. The lowest BCUT2D eigenvalue weighted by molar-refractivity contribution is -0.127. The summed E-state index contributed by atoms with van der Waals surface area (Å²) in [5.41, 5.74) is -0.330. The van der Waals surface area contributed by atoms with E-state index in [4.69, 9.17) is 0 Å². The third-order valence-electron chi connectivity index (χ3n) is 4.15. The number of amides is 1. The summed E-state index contributed by atoms with van der Waals surface area (Å²) < 4.78 is 26.4. The maximum absolute atomic E-state index is 13.6. The Morgan fingerprint density at radius 2 is 1.95 bits per heavy atom. The maximum Gasteiger partial charge on any atom is 0.230 e. The van der Waals surface area contributed by atoms with Gasteiger partial charge >= 0.3 is 0 Å². The number of nitrogens with one attached hydrogen (secondary N) is 1. The van der Waals surface area contributed by atoms with Crippen molar-refractivity contribution in [2.45, 2.75) is 45.4 Å². The second kappa shape index (κ2) is 5.68. The van der Waals surface area contributed by atoms with Crippen LogP contribution in [0.3, 0.4) is 0 Å². The summed E-state index contributed by atoms with van der Waals surface area (Å²) in [7, 11) is 0. The van der Waals surface area contributed by atoms with Gasteiger partial charge in [0.05, 0.1) is 5.69 Å². The first kappa shape index (κ1) is 14.0. The second-order valence-corrected chi connectivity index (χ2v) is 5.27. The summed E-state index contributed by atoms with van der Waals surface area (Å²) in [6.45, 7) is 1.99. The lowest BCUT2D eigenvalue weighted by Crippen LogP contribution is -2.37. The third kappa shape index (κ3) is 2.94. The minimum atomic E-state index is -0.726. The van der Waals surface area contributed by atoms with Crippen molar-refractivity contribution in [2.75, 3.05) is 5.32 Å². The van der Waals surface area contributed by atoms with E-state index in [9.17, 15) is 13.6 Å². The van der Waals surface area contributed by atoms with E-state index in [1.807, 2.05) is 6.92 Å². The van der Waals surface area contributed by atoms with E-state index in [1.54, 1.807) is 0 Å². The number of anilines is 1. The van der Waals surface area contributed by atoms with Gasteiger partial charge in [-0.1, -0.05) is 26.2 Å². The largest absolute Gasteiger partial charge is 0.323 e.